The zero-order valence-corrected chi connectivity index (χ0v) is 9.25. The minimum atomic E-state index is -0.514. The van der Waals surface area contributed by atoms with Crippen molar-refractivity contribution in [3.05, 3.63) is 34.5 Å². The Hall–Kier alpha value is -1.09. The number of halogens is 1. The average molecular weight is 213 g/mol. The normalized spacial score (nSPS) is 13.0. The van der Waals surface area contributed by atoms with Crippen molar-refractivity contribution in [1.82, 2.24) is 0 Å². The molecule has 0 saturated carbocycles. The van der Waals surface area contributed by atoms with Gasteiger partial charge in [0.25, 0.3) is 0 Å². The molecule has 0 fully saturated rings. The second-order valence-electron chi connectivity index (χ2n) is 4.02. The van der Waals surface area contributed by atoms with Gasteiger partial charge in [-0.25, -0.2) is 0 Å². The summed E-state index contributed by atoms with van der Waals surface area (Å²) in [6, 6.07) is 6.83. The van der Waals surface area contributed by atoms with E-state index in [1.807, 2.05) is 0 Å². The van der Waals surface area contributed by atoms with Crippen molar-refractivity contribution in [2.45, 2.75) is 26.3 Å². The fourth-order valence-electron chi connectivity index (χ4n) is 0.763. The molecule has 76 valence electrons. The fourth-order valence-corrected chi connectivity index (χ4v) is 0.889. The van der Waals surface area contributed by atoms with Crippen LogP contribution >= 0.6 is 11.6 Å². The number of hydrogen-bond donors (Lipinski definition) is 0. The Labute approximate surface area is 88.6 Å². The molecule has 1 aromatic rings. The third-order valence-electron chi connectivity index (χ3n) is 1.61. The lowest BCUT2D eigenvalue weighted by Crippen LogP contribution is -2.26. The number of hydroxylamine groups is 1. The van der Waals surface area contributed by atoms with Gasteiger partial charge in [0.15, 0.2) is 5.54 Å². The van der Waals surface area contributed by atoms with E-state index >= 15 is 0 Å². The minimum Gasteiger partial charge on any atom is -0.599 e. The SMILES string of the molecule is CC(C)(C)[N+]([O-])=Nc1ccc(Cl)cc1. The van der Waals surface area contributed by atoms with E-state index in [0.29, 0.717) is 15.6 Å². The molecule has 14 heavy (non-hydrogen) atoms. The lowest BCUT2D eigenvalue weighted by molar-refractivity contribution is -0.594. The quantitative estimate of drug-likeness (QED) is 0.397. The lowest BCUT2D eigenvalue weighted by atomic mass is 10.1. The van der Waals surface area contributed by atoms with Crippen LogP contribution < -0.4 is 0 Å². The van der Waals surface area contributed by atoms with Crippen LogP contribution in [-0.4, -0.2) is 10.4 Å². The Morgan fingerprint density at radius 1 is 1.21 bits per heavy atom. The molecule has 0 aliphatic heterocycles. The van der Waals surface area contributed by atoms with Crippen LogP contribution in [-0.2, 0) is 0 Å². The zero-order valence-electron chi connectivity index (χ0n) is 8.49. The molecule has 0 aliphatic rings. The number of rotatable bonds is 1. The Balaban J connectivity index is 2.93. The first-order valence-electron chi connectivity index (χ1n) is 4.34. The fraction of sp³-hybridized carbons (Fsp3) is 0.400. The predicted octanol–water partition coefficient (Wildman–Crippen LogP) is 3.73. The van der Waals surface area contributed by atoms with Crippen LogP contribution in [0.15, 0.2) is 29.4 Å². The Bertz CT molecular complexity index is 338. The van der Waals surface area contributed by atoms with Crippen molar-refractivity contribution in [2.24, 2.45) is 5.11 Å². The second-order valence-corrected chi connectivity index (χ2v) is 4.46. The van der Waals surface area contributed by atoms with Gasteiger partial charge in [0.1, 0.15) is 5.69 Å². The molecule has 0 atom stereocenters. The first kappa shape index (κ1) is 11.0. The molecule has 0 aliphatic carbocycles. The number of nitrogens with zero attached hydrogens (tertiary/aromatic N) is 2. The maximum absolute atomic E-state index is 11.4. The second kappa shape index (κ2) is 3.96. The van der Waals surface area contributed by atoms with Crippen LogP contribution in [0.1, 0.15) is 20.8 Å². The van der Waals surface area contributed by atoms with E-state index in [1.54, 1.807) is 45.0 Å². The smallest absolute Gasteiger partial charge is 0.191 e. The molecule has 0 amide bonds. The predicted molar refractivity (Wildman–Crippen MR) is 56.9 cm³/mol. The summed E-state index contributed by atoms with van der Waals surface area (Å²) in [5, 5.41) is 16.0. The molecule has 4 heteroatoms. The van der Waals surface area contributed by atoms with Gasteiger partial charge < -0.3 is 5.21 Å². The summed E-state index contributed by atoms with van der Waals surface area (Å²) in [6.07, 6.45) is 0. The van der Waals surface area contributed by atoms with E-state index in [0.717, 1.165) is 0 Å². The molecule has 0 aromatic heterocycles. The molecule has 0 saturated heterocycles. The Morgan fingerprint density at radius 2 is 1.71 bits per heavy atom. The summed E-state index contributed by atoms with van der Waals surface area (Å²) in [5.74, 6) is 0. The van der Waals surface area contributed by atoms with E-state index in [1.165, 1.54) is 0 Å². The maximum Gasteiger partial charge on any atom is 0.191 e. The van der Waals surface area contributed by atoms with Crippen molar-refractivity contribution in [2.75, 3.05) is 0 Å². The van der Waals surface area contributed by atoms with Crippen molar-refractivity contribution in [3.8, 4) is 0 Å². The zero-order chi connectivity index (χ0) is 10.8. The monoisotopic (exact) mass is 212 g/mol. The van der Waals surface area contributed by atoms with Gasteiger partial charge in [0, 0.05) is 30.9 Å². The first-order chi connectivity index (χ1) is 6.39. The molecular weight excluding hydrogens is 200 g/mol. The van der Waals surface area contributed by atoms with Gasteiger partial charge in [-0.05, 0) is 24.3 Å². The Kier molecular flexibility index (Phi) is 3.11. The summed E-state index contributed by atoms with van der Waals surface area (Å²) in [4.78, 5) is 0.691. The summed E-state index contributed by atoms with van der Waals surface area (Å²) in [7, 11) is 0. The molecule has 0 bridgehead atoms. The van der Waals surface area contributed by atoms with Crippen LogP contribution in [0.2, 0.25) is 5.02 Å². The van der Waals surface area contributed by atoms with Crippen molar-refractivity contribution in [1.29, 1.82) is 0 Å². The molecule has 1 aromatic carbocycles. The van der Waals surface area contributed by atoms with Gasteiger partial charge in [0.05, 0.1) is 0 Å². The summed E-state index contributed by atoms with van der Waals surface area (Å²) >= 11 is 5.70. The molecular formula is C10H13ClN2O. The minimum absolute atomic E-state index is 0.514. The third-order valence-corrected chi connectivity index (χ3v) is 1.86. The average Bonchev–Trinajstić information content (AvgIpc) is 2.07. The van der Waals surface area contributed by atoms with Gasteiger partial charge in [-0.15, -0.1) is 0 Å². The van der Waals surface area contributed by atoms with Crippen LogP contribution in [0.3, 0.4) is 0 Å². The van der Waals surface area contributed by atoms with Crippen molar-refractivity contribution >= 4 is 17.3 Å². The van der Waals surface area contributed by atoms with E-state index in [2.05, 4.69) is 5.11 Å². The van der Waals surface area contributed by atoms with Gasteiger partial charge in [-0.2, -0.15) is 0 Å². The molecule has 0 radical (unpaired) electrons. The van der Waals surface area contributed by atoms with Crippen LogP contribution in [0, 0.1) is 5.21 Å². The van der Waals surface area contributed by atoms with Crippen LogP contribution in [0.25, 0.3) is 0 Å². The standard InChI is InChI=1S/C10H13ClN2O/c1-10(2,3)13(14)12-9-6-4-8(11)5-7-9/h4-7H,1-3H3. The van der Waals surface area contributed by atoms with Crippen LogP contribution in [0.4, 0.5) is 5.69 Å². The highest BCUT2D eigenvalue weighted by Crippen LogP contribution is 2.18. The van der Waals surface area contributed by atoms with E-state index < -0.39 is 5.54 Å². The Morgan fingerprint density at radius 3 is 2.14 bits per heavy atom. The van der Waals surface area contributed by atoms with Gasteiger partial charge in [-0.3, -0.25) is 0 Å². The highest BCUT2D eigenvalue weighted by Gasteiger charge is 2.20. The highest BCUT2D eigenvalue weighted by atomic mass is 35.5. The summed E-state index contributed by atoms with van der Waals surface area (Å²) in [5.41, 5.74) is 0.0962. The number of benzene rings is 1. The number of azo groups is 1. The van der Waals surface area contributed by atoms with E-state index in [9.17, 15) is 5.21 Å². The first-order valence-corrected chi connectivity index (χ1v) is 4.72. The van der Waals surface area contributed by atoms with Crippen LogP contribution in [0.5, 0.6) is 0 Å². The largest absolute Gasteiger partial charge is 0.599 e. The summed E-state index contributed by atoms with van der Waals surface area (Å²) in [6.45, 7) is 5.41. The van der Waals surface area contributed by atoms with Gasteiger partial charge in [-0.1, -0.05) is 16.5 Å². The van der Waals surface area contributed by atoms with Crippen molar-refractivity contribution in [3.63, 3.8) is 0 Å². The molecule has 1 rings (SSSR count). The third kappa shape index (κ3) is 3.00. The maximum atomic E-state index is 11.4. The summed E-state index contributed by atoms with van der Waals surface area (Å²) < 4.78 is 0. The van der Waals surface area contributed by atoms with Gasteiger partial charge in [0.2, 0.25) is 0 Å². The number of hydrogen-bond acceptors (Lipinski definition) is 2. The lowest BCUT2D eigenvalue weighted by Gasteiger charge is -2.14. The van der Waals surface area contributed by atoms with Crippen molar-refractivity contribution < 1.29 is 4.86 Å². The molecule has 0 N–H and O–H groups in total. The van der Waals surface area contributed by atoms with E-state index in [-0.39, 0.29) is 0 Å². The van der Waals surface area contributed by atoms with E-state index in [4.69, 9.17) is 11.6 Å². The van der Waals surface area contributed by atoms with Gasteiger partial charge >= 0.3 is 0 Å². The molecule has 3 nitrogen and oxygen atoms in total. The molecule has 0 unspecified atom stereocenters. The molecule has 0 spiro atoms. The molecule has 0 heterocycles. The highest BCUT2D eigenvalue weighted by molar-refractivity contribution is 6.30. The topological polar surface area (TPSA) is 38.4 Å².